The van der Waals surface area contributed by atoms with Crippen molar-refractivity contribution in [3.8, 4) is 28.5 Å². The van der Waals surface area contributed by atoms with Gasteiger partial charge in [0.2, 0.25) is 0 Å². The van der Waals surface area contributed by atoms with Gasteiger partial charge in [-0.15, -0.1) is 0 Å². The van der Waals surface area contributed by atoms with Crippen LogP contribution >= 0.6 is 23.2 Å². The number of anilines is 1. The first-order chi connectivity index (χ1) is 16.9. The Morgan fingerprint density at radius 3 is 2.40 bits per heavy atom. The Bertz CT molecular complexity index is 1350. The van der Waals surface area contributed by atoms with Crippen molar-refractivity contribution in [1.29, 1.82) is 0 Å². The number of methoxy groups -OCH3 is 1. The van der Waals surface area contributed by atoms with Crippen molar-refractivity contribution in [3.05, 3.63) is 76.8 Å². The summed E-state index contributed by atoms with van der Waals surface area (Å²) in [6.07, 6.45) is 3.39. The normalized spacial score (nSPS) is 18.0. The molecule has 3 aromatic heterocycles. The number of hydrogen-bond donors (Lipinski definition) is 0. The van der Waals surface area contributed by atoms with Crippen LogP contribution in [0.3, 0.4) is 0 Å². The lowest BCUT2D eigenvalue weighted by molar-refractivity contribution is 0.197. The Morgan fingerprint density at radius 2 is 1.74 bits per heavy atom. The van der Waals surface area contributed by atoms with Gasteiger partial charge >= 0.3 is 0 Å². The zero-order valence-corrected chi connectivity index (χ0v) is 20.6. The highest BCUT2D eigenvalue weighted by atomic mass is 35.5. The highest BCUT2D eigenvalue weighted by molar-refractivity contribution is 6.35. The Hall–Kier alpha value is -3.20. The van der Waals surface area contributed by atoms with E-state index in [0.717, 1.165) is 0 Å². The van der Waals surface area contributed by atoms with E-state index in [9.17, 15) is 4.39 Å². The van der Waals surface area contributed by atoms with Gasteiger partial charge in [-0.05, 0) is 37.3 Å². The Morgan fingerprint density at radius 1 is 1.03 bits per heavy atom. The molecule has 0 aliphatic carbocycles. The van der Waals surface area contributed by atoms with Gasteiger partial charge in [0.1, 0.15) is 28.6 Å². The van der Waals surface area contributed by atoms with Gasteiger partial charge < -0.3 is 9.64 Å². The lowest BCUT2D eigenvalue weighted by atomic mass is 10.1. The minimum atomic E-state index is -0.874. The van der Waals surface area contributed by atoms with Crippen molar-refractivity contribution >= 4 is 28.9 Å². The van der Waals surface area contributed by atoms with Crippen LogP contribution in [0.25, 0.3) is 22.8 Å². The third-order valence-electron chi connectivity index (χ3n) is 5.97. The minimum Gasteiger partial charge on any atom is -0.495 e. The van der Waals surface area contributed by atoms with Crippen molar-refractivity contribution in [2.75, 3.05) is 31.6 Å². The number of rotatable bonds is 5. The van der Waals surface area contributed by atoms with E-state index in [1.807, 2.05) is 48.2 Å². The summed E-state index contributed by atoms with van der Waals surface area (Å²) in [5.41, 5.74) is 1.95. The maximum atomic E-state index is 15.0. The van der Waals surface area contributed by atoms with E-state index in [4.69, 9.17) is 38.4 Å². The zero-order valence-electron chi connectivity index (χ0n) is 19.1. The number of benzene rings is 1. The van der Waals surface area contributed by atoms with Crippen molar-refractivity contribution in [2.24, 2.45) is 0 Å². The number of pyridine rings is 2. The molecule has 1 aliphatic heterocycles. The van der Waals surface area contributed by atoms with E-state index in [1.165, 1.54) is 13.2 Å². The first kappa shape index (κ1) is 23.5. The fourth-order valence-electron chi connectivity index (χ4n) is 4.30. The SMILES string of the molecule is COc1cc(N2CC[N][C@@](C)(n3nc(-c4ccccn4)c(Cl)c3-c3ccccn3)C2)c(F)cc1Cl. The van der Waals surface area contributed by atoms with E-state index < -0.39 is 11.5 Å². The Kier molecular flexibility index (Phi) is 6.35. The zero-order chi connectivity index (χ0) is 24.6. The molecule has 1 saturated heterocycles. The van der Waals surface area contributed by atoms with Crippen LogP contribution in [0.5, 0.6) is 5.75 Å². The third kappa shape index (κ3) is 4.33. The fourth-order valence-corrected chi connectivity index (χ4v) is 4.84. The molecule has 179 valence electrons. The van der Waals surface area contributed by atoms with Crippen LogP contribution in [0.1, 0.15) is 6.92 Å². The summed E-state index contributed by atoms with van der Waals surface area (Å²) in [6.45, 7) is 3.27. The van der Waals surface area contributed by atoms with Crippen LogP contribution in [-0.4, -0.2) is 46.5 Å². The summed E-state index contributed by atoms with van der Waals surface area (Å²) in [7, 11) is 1.50. The molecule has 1 aliphatic rings. The van der Waals surface area contributed by atoms with Gasteiger partial charge in [-0.2, -0.15) is 5.10 Å². The smallest absolute Gasteiger partial charge is 0.148 e. The van der Waals surface area contributed by atoms with Crippen molar-refractivity contribution in [3.63, 3.8) is 0 Å². The van der Waals surface area contributed by atoms with Gasteiger partial charge in [-0.1, -0.05) is 35.3 Å². The first-order valence-electron chi connectivity index (χ1n) is 11.0. The number of piperazine rings is 1. The lowest BCUT2D eigenvalue weighted by Crippen LogP contribution is -2.57. The number of halogens is 3. The quantitative estimate of drug-likeness (QED) is 0.365. The predicted octanol–water partition coefficient (Wildman–Crippen LogP) is 5.26. The van der Waals surface area contributed by atoms with Gasteiger partial charge in [0.25, 0.3) is 0 Å². The molecular formula is C25H22Cl2FN6O. The summed E-state index contributed by atoms with van der Waals surface area (Å²) in [6, 6.07) is 14.0. The molecular weight excluding hydrogens is 490 g/mol. The maximum Gasteiger partial charge on any atom is 0.148 e. The van der Waals surface area contributed by atoms with E-state index in [2.05, 4.69) is 9.97 Å². The van der Waals surface area contributed by atoms with Crippen LogP contribution in [0.4, 0.5) is 10.1 Å². The van der Waals surface area contributed by atoms with Gasteiger partial charge in [0.15, 0.2) is 0 Å². The molecule has 5 rings (SSSR count). The number of nitrogens with zero attached hydrogens (tertiary/aromatic N) is 6. The predicted molar refractivity (Wildman–Crippen MR) is 135 cm³/mol. The van der Waals surface area contributed by atoms with Crippen LogP contribution < -0.4 is 15.0 Å². The monoisotopic (exact) mass is 511 g/mol. The molecule has 1 aromatic carbocycles. The van der Waals surface area contributed by atoms with Crippen molar-refractivity contribution < 1.29 is 9.13 Å². The molecule has 0 unspecified atom stereocenters. The standard InChI is InChI=1S/C25H22Cl2FN6O/c1-25(15-33(12-11-31-25)20-14-21(35-2)16(26)13-17(20)28)34-24(19-8-4-6-10-30-19)22(27)23(32-34)18-7-3-5-9-29-18/h3-10,13-14H,11-12,15H2,1-2H3/t25-/m0/s1. The molecule has 4 heterocycles. The van der Waals surface area contributed by atoms with Gasteiger partial charge in [-0.3, -0.25) is 9.97 Å². The minimum absolute atomic E-state index is 0.217. The molecule has 0 N–H and O–H groups in total. The first-order valence-corrected chi connectivity index (χ1v) is 11.8. The molecule has 0 saturated carbocycles. The molecule has 35 heavy (non-hydrogen) atoms. The topological polar surface area (TPSA) is 70.2 Å². The van der Waals surface area contributed by atoms with Crippen LogP contribution in [0.15, 0.2) is 60.9 Å². The summed E-state index contributed by atoms with van der Waals surface area (Å²) in [4.78, 5) is 10.9. The second-order valence-corrected chi connectivity index (χ2v) is 9.10. The van der Waals surface area contributed by atoms with E-state index in [0.29, 0.717) is 58.9 Å². The fraction of sp³-hybridized carbons (Fsp3) is 0.240. The highest BCUT2D eigenvalue weighted by Gasteiger charge is 2.39. The molecule has 1 radical (unpaired) electrons. The van der Waals surface area contributed by atoms with E-state index in [-0.39, 0.29) is 5.02 Å². The number of ether oxygens (including phenoxy) is 1. The molecule has 4 aromatic rings. The summed E-state index contributed by atoms with van der Waals surface area (Å²) in [5, 5.41) is 10.4. The average Bonchev–Trinajstić information content (AvgIpc) is 3.23. The van der Waals surface area contributed by atoms with Crippen molar-refractivity contribution in [1.82, 2.24) is 25.1 Å². The molecule has 10 heteroatoms. The molecule has 1 fully saturated rings. The Labute approximate surface area is 212 Å². The van der Waals surface area contributed by atoms with Crippen molar-refractivity contribution in [2.45, 2.75) is 12.6 Å². The third-order valence-corrected chi connectivity index (χ3v) is 6.63. The molecule has 0 amide bonds. The number of hydrogen-bond acceptors (Lipinski definition) is 5. The average molecular weight is 512 g/mol. The summed E-state index contributed by atoms with van der Waals surface area (Å²) in [5.74, 6) is -0.0290. The highest BCUT2D eigenvalue weighted by Crippen LogP contribution is 2.39. The summed E-state index contributed by atoms with van der Waals surface area (Å²) >= 11 is 13.0. The lowest BCUT2D eigenvalue weighted by Gasteiger charge is -2.42. The maximum absolute atomic E-state index is 15.0. The van der Waals surface area contributed by atoms with Gasteiger partial charge in [0.05, 0.1) is 40.8 Å². The van der Waals surface area contributed by atoms with E-state index in [1.54, 1.807) is 23.1 Å². The molecule has 0 spiro atoms. The Balaban J connectivity index is 1.62. The van der Waals surface area contributed by atoms with Gasteiger partial charge in [-0.25, -0.2) is 14.4 Å². The van der Waals surface area contributed by atoms with Crippen LogP contribution in [-0.2, 0) is 5.66 Å². The molecule has 7 nitrogen and oxygen atoms in total. The molecule has 0 bridgehead atoms. The second kappa shape index (κ2) is 9.45. The van der Waals surface area contributed by atoms with Crippen LogP contribution in [0.2, 0.25) is 10.0 Å². The molecule has 1 atom stereocenters. The second-order valence-electron chi connectivity index (χ2n) is 8.31. The number of aromatic nitrogens is 4. The largest absolute Gasteiger partial charge is 0.495 e. The van der Waals surface area contributed by atoms with Crippen LogP contribution in [0, 0.1) is 5.82 Å². The van der Waals surface area contributed by atoms with Gasteiger partial charge in [0, 0.05) is 31.5 Å². The van der Waals surface area contributed by atoms with E-state index >= 15 is 0 Å². The summed E-state index contributed by atoms with van der Waals surface area (Å²) < 4.78 is 22.1.